The average Bonchev–Trinajstić information content (AvgIpc) is 3.44. The van der Waals surface area contributed by atoms with E-state index in [4.69, 9.17) is 11.0 Å². The van der Waals surface area contributed by atoms with Gasteiger partial charge in [0.15, 0.2) is 0 Å². The van der Waals surface area contributed by atoms with Crippen LogP contribution < -0.4 is 10.6 Å². The first kappa shape index (κ1) is 23.6. The number of hydrogen-bond donors (Lipinski definition) is 1. The van der Waals surface area contributed by atoms with Gasteiger partial charge in [0, 0.05) is 45.1 Å². The number of carbonyl (C=O) groups excluding carboxylic acids is 2. The third kappa shape index (κ3) is 4.44. The molecule has 0 saturated carbocycles. The molecule has 2 saturated heterocycles. The number of rotatable bonds is 4. The van der Waals surface area contributed by atoms with Crippen molar-refractivity contribution >= 4 is 17.5 Å². The Morgan fingerprint density at radius 3 is 2.44 bits per heavy atom. The second kappa shape index (κ2) is 9.00. The molecular formula is C23H25F3N6O2. The molecule has 0 radical (unpaired) electrons. The van der Waals surface area contributed by atoms with Gasteiger partial charge in [0.2, 0.25) is 5.91 Å². The Morgan fingerprint density at radius 1 is 1.18 bits per heavy atom. The lowest BCUT2D eigenvalue weighted by Gasteiger charge is -2.36. The van der Waals surface area contributed by atoms with Crippen molar-refractivity contribution in [2.75, 3.05) is 31.1 Å². The monoisotopic (exact) mass is 474 g/mol. The van der Waals surface area contributed by atoms with Crippen LogP contribution in [0.2, 0.25) is 0 Å². The highest BCUT2D eigenvalue weighted by atomic mass is 19.4. The Morgan fingerprint density at radius 2 is 1.88 bits per heavy atom. The van der Waals surface area contributed by atoms with E-state index in [1.165, 1.54) is 10.7 Å². The van der Waals surface area contributed by atoms with E-state index in [0.29, 0.717) is 43.9 Å². The van der Waals surface area contributed by atoms with Crippen LogP contribution in [-0.4, -0.2) is 52.7 Å². The van der Waals surface area contributed by atoms with Crippen LogP contribution in [0.1, 0.15) is 34.5 Å². The largest absolute Gasteiger partial charge is 0.417 e. The van der Waals surface area contributed by atoms with Gasteiger partial charge in [-0.05, 0) is 48.9 Å². The summed E-state index contributed by atoms with van der Waals surface area (Å²) in [6, 6.07) is 6.85. The Kier molecular flexibility index (Phi) is 6.25. The number of nitriles is 1. The van der Waals surface area contributed by atoms with Crippen LogP contribution in [0.3, 0.4) is 0 Å². The SMILES string of the molecule is Cn1nccc1C(=O)N1CCC([C@@H]2CN(c3ccc(C#N)c(C(F)(F)F)c3)C[C@H]2C(N)=O)CC1. The highest BCUT2D eigenvalue weighted by molar-refractivity contribution is 5.92. The molecule has 2 atom stereocenters. The van der Waals surface area contributed by atoms with Gasteiger partial charge in [0.05, 0.1) is 23.1 Å². The zero-order chi connectivity index (χ0) is 24.6. The molecule has 34 heavy (non-hydrogen) atoms. The summed E-state index contributed by atoms with van der Waals surface area (Å²) in [5.41, 5.74) is 5.05. The van der Waals surface area contributed by atoms with Crippen molar-refractivity contribution in [1.82, 2.24) is 14.7 Å². The molecular weight excluding hydrogens is 449 g/mol. The fraction of sp³-hybridized carbons (Fsp3) is 0.478. The molecule has 2 aromatic rings. The van der Waals surface area contributed by atoms with E-state index in [1.807, 2.05) is 0 Å². The van der Waals surface area contributed by atoms with Gasteiger partial charge >= 0.3 is 6.18 Å². The lowest BCUT2D eigenvalue weighted by atomic mass is 9.78. The lowest BCUT2D eigenvalue weighted by molar-refractivity contribution is -0.137. The standard InChI is InChI=1S/C23H25F3N6O2/c1-30-20(4-7-29-30)22(34)31-8-5-14(6-9-31)17-12-32(13-18(17)21(28)33)16-3-2-15(11-27)19(10-16)23(24,25)26/h2-4,7,10,14,17-18H,5-6,8-9,12-13H2,1H3,(H2,28,33)/t17-,18+/m0/s1. The molecule has 2 aliphatic heterocycles. The second-order valence-corrected chi connectivity index (χ2v) is 8.89. The Balaban J connectivity index is 1.49. The third-order valence-electron chi connectivity index (χ3n) is 7.00. The minimum atomic E-state index is -4.66. The summed E-state index contributed by atoms with van der Waals surface area (Å²) in [6.07, 6.45) is -1.74. The van der Waals surface area contributed by atoms with Crippen molar-refractivity contribution in [2.24, 2.45) is 30.5 Å². The van der Waals surface area contributed by atoms with Gasteiger partial charge in [-0.3, -0.25) is 14.3 Å². The smallest absolute Gasteiger partial charge is 0.370 e. The van der Waals surface area contributed by atoms with Gasteiger partial charge in [-0.2, -0.15) is 23.5 Å². The van der Waals surface area contributed by atoms with Gasteiger partial charge in [-0.1, -0.05) is 0 Å². The van der Waals surface area contributed by atoms with Crippen molar-refractivity contribution in [2.45, 2.75) is 19.0 Å². The number of carbonyl (C=O) groups is 2. The van der Waals surface area contributed by atoms with E-state index < -0.39 is 29.1 Å². The van der Waals surface area contributed by atoms with Crippen molar-refractivity contribution in [3.8, 4) is 6.07 Å². The van der Waals surface area contributed by atoms with Crippen molar-refractivity contribution in [3.05, 3.63) is 47.3 Å². The van der Waals surface area contributed by atoms with E-state index in [0.717, 1.165) is 12.1 Å². The van der Waals surface area contributed by atoms with Gasteiger partial charge in [-0.15, -0.1) is 0 Å². The van der Waals surface area contributed by atoms with Crippen LogP contribution in [0, 0.1) is 29.1 Å². The Bertz CT molecular complexity index is 1130. The minimum Gasteiger partial charge on any atom is -0.370 e. The van der Waals surface area contributed by atoms with Crippen LogP contribution in [0.25, 0.3) is 0 Å². The molecule has 8 nitrogen and oxygen atoms in total. The summed E-state index contributed by atoms with van der Waals surface area (Å²) in [5.74, 6) is -1.11. The highest BCUT2D eigenvalue weighted by Crippen LogP contribution is 2.40. The van der Waals surface area contributed by atoms with Crippen molar-refractivity contribution in [3.63, 3.8) is 0 Å². The summed E-state index contributed by atoms with van der Waals surface area (Å²) in [4.78, 5) is 28.5. The molecule has 2 aliphatic rings. The maximum atomic E-state index is 13.4. The first-order chi connectivity index (χ1) is 16.1. The number of benzene rings is 1. The summed E-state index contributed by atoms with van der Waals surface area (Å²) in [5, 5.41) is 13.1. The Hall–Kier alpha value is -3.55. The summed E-state index contributed by atoms with van der Waals surface area (Å²) in [6.45, 7) is 1.64. The molecule has 0 spiro atoms. The lowest BCUT2D eigenvalue weighted by Crippen LogP contribution is -2.43. The predicted octanol–water partition coefficient (Wildman–Crippen LogP) is 2.40. The fourth-order valence-electron chi connectivity index (χ4n) is 5.16. The van der Waals surface area contributed by atoms with E-state index in [1.54, 1.807) is 35.2 Å². The Labute approximate surface area is 194 Å². The molecule has 2 amide bonds. The maximum Gasteiger partial charge on any atom is 0.417 e. The number of likely N-dealkylation sites (tertiary alicyclic amines) is 1. The molecule has 0 bridgehead atoms. The minimum absolute atomic E-state index is 0.102. The van der Waals surface area contributed by atoms with Gasteiger partial charge in [-0.25, -0.2) is 0 Å². The first-order valence-electron chi connectivity index (χ1n) is 11.0. The van der Waals surface area contributed by atoms with E-state index in [-0.39, 0.29) is 24.3 Å². The molecule has 2 fully saturated rings. The number of nitrogens with two attached hydrogens (primary N) is 1. The number of nitrogens with zero attached hydrogens (tertiary/aromatic N) is 5. The summed E-state index contributed by atoms with van der Waals surface area (Å²) >= 11 is 0. The molecule has 11 heteroatoms. The third-order valence-corrected chi connectivity index (χ3v) is 7.00. The van der Waals surface area contributed by atoms with E-state index >= 15 is 0 Å². The molecule has 1 aromatic carbocycles. The highest BCUT2D eigenvalue weighted by Gasteiger charge is 2.43. The number of piperidine rings is 1. The van der Waals surface area contributed by atoms with Gasteiger partial charge in [0.1, 0.15) is 5.69 Å². The molecule has 180 valence electrons. The number of anilines is 1. The number of amides is 2. The normalized spacial score (nSPS) is 21.5. The fourth-order valence-corrected chi connectivity index (χ4v) is 5.16. The topological polar surface area (TPSA) is 108 Å². The van der Waals surface area contributed by atoms with E-state index in [9.17, 15) is 22.8 Å². The molecule has 4 rings (SSSR count). The molecule has 1 aromatic heterocycles. The molecule has 3 heterocycles. The quantitative estimate of drug-likeness (QED) is 0.732. The second-order valence-electron chi connectivity index (χ2n) is 8.89. The van der Waals surface area contributed by atoms with E-state index in [2.05, 4.69) is 5.10 Å². The van der Waals surface area contributed by atoms with Crippen molar-refractivity contribution in [1.29, 1.82) is 5.26 Å². The number of aromatic nitrogens is 2. The van der Waals surface area contributed by atoms with Crippen LogP contribution in [0.4, 0.5) is 18.9 Å². The molecule has 2 N–H and O–H groups in total. The maximum absolute atomic E-state index is 13.4. The number of halogens is 3. The number of alkyl halides is 3. The van der Waals surface area contributed by atoms with Crippen LogP contribution >= 0.6 is 0 Å². The summed E-state index contributed by atoms with van der Waals surface area (Å²) in [7, 11) is 1.71. The predicted molar refractivity (Wildman–Crippen MR) is 116 cm³/mol. The molecule has 0 aliphatic carbocycles. The van der Waals surface area contributed by atoms with Crippen LogP contribution in [-0.2, 0) is 18.0 Å². The van der Waals surface area contributed by atoms with Crippen LogP contribution in [0.15, 0.2) is 30.5 Å². The first-order valence-corrected chi connectivity index (χ1v) is 11.0. The zero-order valence-corrected chi connectivity index (χ0v) is 18.6. The van der Waals surface area contributed by atoms with Gasteiger partial charge in [0.25, 0.3) is 5.91 Å². The number of aryl methyl sites for hydroxylation is 1. The summed E-state index contributed by atoms with van der Waals surface area (Å²) < 4.78 is 41.8. The number of hydrogen-bond acceptors (Lipinski definition) is 5. The van der Waals surface area contributed by atoms with Crippen molar-refractivity contribution < 1.29 is 22.8 Å². The van der Waals surface area contributed by atoms with Crippen LogP contribution in [0.5, 0.6) is 0 Å². The average molecular weight is 474 g/mol. The molecule has 0 unspecified atom stereocenters. The zero-order valence-electron chi connectivity index (χ0n) is 18.6. The number of primary amides is 1. The van der Waals surface area contributed by atoms with Gasteiger partial charge < -0.3 is 15.5 Å².